The fourth-order valence-corrected chi connectivity index (χ4v) is 2.42. The Morgan fingerprint density at radius 1 is 1.50 bits per heavy atom. The smallest absolute Gasteiger partial charge is 0.344 e. The second-order valence-electron chi connectivity index (χ2n) is 4.90. The Bertz CT molecular complexity index is 730. The molecule has 2 rings (SSSR count). The van der Waals surface area contributed by atoms with Crippen LogP contribution in [0.5, 0.6) is 11.5 Å². The summed E-state index contributed by atoms with van der Waals surface area (Å²) < 4.78 is 10.9. The van der Waals surface area contributed by atoms with E-state index in [0.717, 1.165) is 11.3 Å². The predicted octanol–water partition coefficient (Wildman–Crippen LogP) is 3.15. The van der Waals surface area contributed by atoms with Crippen LogP contribution < -0.4 is 14.9 Å². The van der Waals surface area contributed by atoms with Crippen LogP contribution in [0.4, 0.5) is 5.13 Å². The summed E-state index contributed by atoms with van der Waals surface area (Å²) in [7, 11) is 0. The molecule has 1 heterocycles. The molecule has 0 saturated carbocycles. The van der Waals surface area contributed by atoms with E-state index in [2.05, 4.69) is 15.5 Å². The number of nitrogens with one attached hydrogen (secondary N) is 1. The molecule has 0 aliphatic carbocycles. The van der Waals surface area contributed by atoms with Crippen LogP contribution in [0.15, 0.2) is 28.7 Å². The second kappa shape index (κ2) is 8.30. The molecule has 0 radical (unpaired) electrons. The number of aryl methyl sites for hydroxylation is 1. The van der Waals surface area contributed by atoms with Gasteiger partial charge in [0.15, 0.2) is 17.6 Å². The molecular weight excluding hydrogens is 330 g/mol. The summed E-state index contributed by atoms with van der Waals surface area (Å²) in [5.41, 5.74) is 4.58. The quantitative estimate of drug-likeness (QED) is 0.562. The summed E-state index contributed by atoms with van der Waals surface area (Å²) in [6, 6.07) is 5.18. The molecule has 1 aromatic carbocycles. The van der Waals surface area contributed by atoms with Crippen LogP contribution in [0.3, 0.4) is 0 Å². The number of aromatic nitrogens is 1. The summed E-state index contributed by atoms with van der Waals surface area (Å²) in [5.74, 6) is -0.182. The van der Waals surface area contributed by atoms with Crippen molar-refractivity contribution in [3.8, 4) is 11.5 Å². The Morgan fingerprint density at radius 3 is 2.92 bits per heavy atom. The highest BCUT2D eigenvalue weighted by atomic mass is 32.1. The van der Waals surface area contributed by atoms with Crippen LogP contribution in [0.1, 0.15) is 25.1 Å². The zero-order valence-electron chi connectivity index (χ0n) is 13.6. The minimum atomic E-state index is -1.04. The number of hydrogen-bond donors (Lipinski definition) is 2. The van der Waals surface area contributed by atoms with Gasteiger partial charge in [-0.3, -0.25) is 5.43 Å². The van der Waals surface area contributed by atoms with Crippen LogP contribution in [0, 0.1) is 6.92 Å². The SMILES string of the molecule is CCOc1cc(C=NNc2nc(C)cs2)ccc1OC(C)C(=O)O. The molecule has 24 heavy (non-hydrogen) atoms. The maximum absolute atomic E-state index is 10.9. The number of carbonyl (C=O) groups is 1. The van der Waals surface area contributed by atoms with E-state index in [0.29, 0.717) is 23.2 Å². The van der Waals surface area contributed by atoms with Gasteiger partial charge < -0.3 is 14.6 Å². The summed E-state index contributed by atoms with van der Waals surface area (Å²) in [5, 5.41) is 15.7. The van der Waals surface area contributed by atoms with Gasteiger partial charge in [0.1, 0.15) is 0 Å². The lowest BCUT2D eigenvalue weighted by Crippen LogP contribution is -2.23. The largest absolute Gasteiger partial charge is 0.490 e. The molecule has 0 bridgehead atoms. The molecule has 0 aliphatic heterocycles. The second-order valence-corrected chi connectivity index (χ2v) is 5.76. The number of carboxylic acid groups (broad SMARTS) is 1. The third kappa shape index (κ3) is 4.95. The van der Waals surface area contributed by atoms with Crippen molar-refractivity contribution in [1.82, 2.24) is 4.98 Å². The summed E-state index contributed by atoms with van der Waals surface area (Å²) in [6.45, 7) is 5.66. The van der Waals surface area contributed by atoms with E-state index in [4.69, 9.17) is 14.6 Å². The number of thiazole rings is 1. The van der Waals surface area contributed by atoms with E-state index < -0.39 is 12.1 Å². The Hall–Kier alpha value is -2.61. The van der Waals surface area contributed by atoms with Gasteiger partial charge >= 0.3 is 5.97 Å². The molecule has 0 aliphatic rings. The van der Waals surface area contributed by atoms with Gasteiger partial charge in [0.2, 0.25) is 5.13 Å². The fraction of sp³-hybridized carbons (Fsp3) is 0.312. The number of aliphatic carboxylic acids is 1. The van der Waals surface area contributed by atoms with Gasteiger partial charge in [-0.25, -0.2) is 9.78 Å². The number of anilines is 1. The first kappa shape index (κ1) is 17.7. The number of nitrogens with zero attached hydrogens (tertiary/aromatic N) is 2. The van der Waals surface area contributed by atoms with E-state index in [9.17, 15) is 4.79 Å². The fourth-order valence-electron chi connectivity index (χ4n) is 1.78. The number of carboxylic acids is 1. The van der Waals surface area contributed by atoms with Crippen LogP contribution >= 0.6 is 11.3 Å². The molecular formula is C16H19N3O4S. The normalized spacial score (nSPS) is 12.1. The van der Waals surface area contributed by atoms with Crippen LogP contribution in [0.2, 0.25) is 0 Å². The lowest BCUT2D eigenvalue weighted by molar-refractivity contribution is -0.144. The molecule has 0 saturated heterocycles. The summed E-state index contributed by atoms with van der Waals surface area (Å²) in [6.07, 6.45) is 0.669. The molecule has 0 fully saturated rings. The van der Waals surface area contributed by atoms with Crippen LogP contribution in [-0.2, 0) is 4.79 Å². The standard InChI is InChI=1S/C16H19N3O4S/c1-4-22-14-7-12(5-6-13(14)23-11(3)15(20)21)8-17-19-16-18-10(2)9-24-16/h5-9,11H,4H2,1-3H3,(H,18,19)(H,20,21). The molecule has 1 atom stereocenters. The molecule has 1 unspecified atom stereocenters. The Morgan fingerprint density at radius 2 is 2.29 bits per heavy atom. The lowest BCUT2D eigenvalue weighted by Gasteiger charge is -2.15. The van der Waals surface area contributed by atoms with Crippen LogP contribution in [-0.4, -0.2) is 35.0 Å². The summed E-state index contributed by atoms with van der Waals surface area (Å²) in [4.78, 5) is 15.2. The van der Waals surface area contributed by atoms with Crippen molar-refractivity contribution in [3.05, 3.63) is 34.8 Å². The molecule has 0 amide bonds. The first-order valence-corrected chi connectivity index (χ1v) is 8.25. The van der Waals surface area contributed by atoms with E-state index in [1.54, 1.807) is 24.4 Å². The Labute approximate surface area is 144 Å². The van der Waals surface area contributed by atoms with Crippen molar-refractivity contribution in [2.45, 2.75) is 26.9 Å². The van der Waals surface area contributed by atoms with E-state index in [-0.39, 0.29) is 0 Å². The highest BCUT2D eigenvalue weighted by Crippen LogP contribution is 2.29. The van der Waals surface area contributed by atoms with Gasteiger partial charge in [-0.1, -0.05) is 0 Å². The number of hydrazone groups is 1. The van der Waals surface area contributed by atoms with Crippen molar-refractivity contribution in [2.75, 3.05) is 12.0 Å². The van der Waals surface area contributed by atoms with Crippen molar-refractivity contribution in [2.24, 2.45) is 5.10 Å². The van der Waals surface area contributed by atoms with Crippen molar-refractivity contribution in [3.63, 3.8) is 0 Å². The van der Waals surface area contributed by atoms with Crippen molar-refractivity contribution >= 4 is 28.7 Å². The van der Waals surface area contributed by atoms with Gasteiger partial charge in [-0.2, -0.15) is 5.10 Å². The van der Waals surface area contributed by atoms with Gasteiger partial charge in [0.25, 0.3) is 0 Å². The number of ether oxygens (including phenoxy) is 2. The monoisotopic (exact) mass is 349 g/mol. The number of rotatable bonds is 8. The molecule has 1 aromatic heterocycles. The van der Waals surface area contributed by atoms with Gasteiger partial charge in [0.05, 0.1) is 18.5 Å². The van der Waals surface area contributed by atoms with E-state index >= 15 is 0 Å². The molecule has 0 spiro atoms. The molecule has 2 aromatic rings. The summed E-state index contributed by atoms with van der Waals surface area (Å²) >= 11 is 1.47. The zero-order chi connectivity index (χ0) is 17.5. The zero-order valence-corrected chi connectivity index (χ0v) is 14.5. The lowest BCUT2D eigenvalue weighted by atomic mass is 10.2. The third-order valence-corrected chi connectivity index (χ3v) is 3.78. The first-order chi connectivity index (χ1) is 11.5. The average molecular weight is 349 g/mol. The van der Waals surface area contributed by atoms with Crippen LogP contribution in [0.25, 0.3) is 0 Å². The molecule has 128 valence electrons. The third-order valence-electron chi connectivity index (χ3n) is 2.91. The van der Waals surface area contributed by atoms with Gasteiger partial charge in [0, 0.05) is 5.38 Å². The van der Waals surface area contributed by atoms with Crippen molar-refractivity contribution < 1.29 is 19.4 Å². The number of benzene rings is 1. The topological polar surface area (TPSA) is 93.0 Å². The Balaban J connectivity index is 2.10. The Kier molecular flexibility index (Phi) is 6.14. The highest BCUT2D eigenvalue weighted by Gasteiger charge is 2.15. The number of hydrogen-bond acceptors (Lipinski definition) is 7. The molecule has 8 heteroatoms. The maximum Gasteiger partial charge on any atom is 0.344 e. The molecule has 2 N–H and O–H groups in total. The minimum absolute atomic E-state index is 0.382. The minimum Gasteiger partial charge on any atom is -0.490 e. The molecule has 7 nitrogen and oxygen atoms in total. The van der Waals surface area contributed by atoms with Crippen molar-refractivity contribution in [1.29, 1.82) is 0 Å². The van der Waals surface area contributed by atoms with E-state index in [1.807, 2.05) is 19.2 Å². The maximum atomic E-state index is 10.9. The average Bonchev–Trinajstić information content (AvgIpc) is 2.95. The van der Waals surface area contributed by atoms with Gasteiger partial charge in [-0.15, -0.1) is 11.3 Å². The first-order valence-electron chi connectivity index (χ1n) is 7.37. The predicted molar refractivity (Wildman–Crippen MR) is 93.4 cm³/mol. The van der Waals surface area contributed by atoms with E-state index in [1.165, 1.54) is 18.3 Å². The highest BCUT2D eigenvalue weighted by molar-refractivity contribution is 7.13. The van der Waals surface area contributed by atoms with Gasteiger partial charge in [-0.05, 0) is 44.5 Å².